The number of methoxy groups -OCH3 is 1. The van der Waals surface area contributed by atoms with Crippen LogP contribution in [0.15, 0.2) is 42.5 Å². The van der Waals surface area contributed by atoms with Gasteiger partial charge >= 0.3 is 5.97 Å². The van der Waals surface area contributed by atoms with Crippen molar-refractivity contribution in [2.75, 3.05) is 19.0 Å². The normalized spacial score (nSPS) is 13.6. The van der Waals surface area contributed by atoms with Gasteiger partial charge in [-0.15, -0.1) is 0 Å². The fourth-order valence-corrected chi connectivity index (χ4v) is 3.17. The highest BCUT2D eigenvalue weighted by molar-refractivity contribution is 6.33. The van der Waals surface area contributed by atoms with E-state index in [0.717, 1.165) is 18.5 Å². The molecule has 0 bridgehead atoms. The molecule has 2 aromatic rings. The van der Waals surface area contributed by atoms with E-state index in [0.29, 0.717) is 24.2 Å². The average molecular weight is 387 g/mol. The van der Waals surface area contributed by atoms with E-state index < -0.39 is 5.97 Å². The van der Waals surface area contributed by atoms with Crippen LogP contribution in [0.4, 0.5) is 5.69 Å². The lowest BCUT2D eigenvalue weighted by molar-refractivity contribution is -0.128. The predicted octanol–water partition coefficient (Wildman–Crippen LogP) is 3.50. The predicted molar refractivity (Wildman–Crippen MR) is 102 cm³/mol. The van der Waals surface area contributed by atoms with E-state index in [-0.39, 0.29) is 22.4 Å². The van der Waals surface area contributed by atoms with Crippen molar-refractivity contribution in [1.29, 1.82) is 0 Å². The van der Waals surface area contributed by atoms with Crippen LogP contribution < -0.4 is 5.32 Å². The number of rotatable bonds is 5. The number of carbonyl (C=O) groups excluding carboxylic acids is 3. The molecule has 1 saturated heterocycles. The lowest BCUT2D eigenvalue weighted by atomic mass is 10.1. The van der Waals surface area contributed by atoms with Crippen LogP contribution in [0.5, 0.6) is 0 Å². The first-order valence-corrected chi connectivity index (χ1v) is 8.91. The Morgan fingerprint density at radius 1 is 1.22 bits per heavy atom. The number of esters is 1. The van der Waals surface area contributed by atoms with Crippen molar-refractivity contribution in [2.24, 2.45) is 0 Å². The highest BCUT2D eigenvalue weighted by Gasteiger charge is 2.20. The molecule has 0 aromatic heterocycles. The molecule has 2 aromatic carbocycles. The maximum atomic E-state index is 12.6. The number of anilines is 1. The lowest BCUT2D eigenvalue weighted by Gasteiger charge is -2.16. The largest absolute Gasteiger partial charge is 0.465 e. The highest BCUT2D eigenvalue weighted by atomic mass is 35.5. The Kier molecular flexibility index (Phi) is 5.76. The highest BCUT2D eigenvalue weighted by Crippen LogP contribution is 2.22. The summed E-state index contributed by atoms with van der Waals surface area (Å²) in [5, 5.41) is 3.00. The van der Waals surface area contributed by atoms with Gasteiger partial charge in [0.15, 0.2) is 0 Å². The number of hydrogen-bond donors (Lipinski definition) is 1. The zero-order valence-electron chi connectivity index (χ0n) is 14.8. The molecule has 1 aliphatic rings. The molecule has 1 fully saturated rings. The molecule has 7 heteroatoms. The molecule has 0 atom stereocenters. The number of nitrogens with one attached hydrogen (secondary N) is 1. The van der Waals surface area contributed by atoms with Crippen molar-refractivity contribution in [3.8, 4) is 0 Å². The summed E-state index contributed by atoms with van der Waals surface area (Å²) in [7, 11) is 1.26. The summed E-state index contributed by atoms with van der Waals surface area (Å²) < 4.78 is 4.68. The van der Waals surface area contributed by atoms with Gasteiger partial charge in [0.1, 0.15) is 0 Å². The van der Waals surface area contributed by atoms with Gasteiger partial charge in [0.05, 0.1) is 17.7 Å². The van der Waals surface area contributed by atoms with E-state index in [2.05, 4.69) is 10.1 Å². The summed E-state index contributed by atoms with van der Waals surface area (Å²) in [5.74, 6) is -0.752. The van der Waals surface area contributed by atoms with E-state index in [1.807, 2.05) is 6.07 Å². The SMILES string of the molecule is COC(=O)c1cc(NC(=O)c2cccc(CN3CCCC3=O)c2)ccc1Cl. The van der Waals surface area contributed by atoms with Crippen molar-refractivity contribution in [3.05, 3.63) is 64.2 Å². The van der Waals surface area contributed by atoms with Crippen LogP contribution in [0.1, 0.15) is 39.1 Å². The maximum absolute atomic E-state index is 12.6. The average Bonchev–Trinajstić information content (AvgIpc) is 3.07. The van der Waals surface area contributed by atoms with Gasteiger partial charge in [-0.05, 0) is 42.3 Å². The Hall–Kier alpha value is -2.86. The summed E-state index contributed by atoms with van der Waals surface area (Å²) in [5.41, 5.74) is 1.97. The Balaban J connectivity index is 1.74. The van der Waals surface area contributed by atoms with E-state index in [4.69, 9.17) is 11.6 Å². The van der Waals surface area contributed by atoms with Crippen molar-refractivity contribution < 1.29 is 19.1 Å². The third-order valence-electron chi connectivity index (χ3n) is 4.36. The molecule has 3 rings (SSSR count). The van der Waals surface area contributed by atoms with Crippen molar-refractivity contribution in [3.63, 3.8) is 0 Å². The minimum absolute atomic E-state index is 0.140. The number of ether oxygens (including phenoxy) is 1. The van der Waals surface area contributed by atoms with Gasteiger partial charge in [-0.25, -0.2) is 4.79 Å². The smallest absolute Gasteiger partial charge is 0.339 e. The van der Waals surface area contributed by atoms with Crippen molar-refractivity contribution in [1.82, 2.24) is 4.90 Å². The van der Waals surface area contributed by atoms with Crippen LogP contribution in [0, 0.1) is 0 Å². The number of amides is 2. The zero-order valence-corrected chi connectivity index (χ0v) is 15.6. The summed E-state index contributed by atoms with van der Waals surface area (Å²) in [6, 6.07) is 11.7. The number of carbonyl (C=O) groups is 3. The van der Waals surface area contributed by atoms with Gasteiger partial charge in [0.2, 0.25) is 5.91 Å². The second kappa shape index (κ2) is 8.22. The first-order valence-electron chi connectivity index (χ1n) is 8.54. The molecule has 27 heavy (non-hydrogen) atoms. The van der Waals surface area contributed by atoms with Crippen LogP contribution in [-0.4, -0.2) is 36.3 Å². The fourth-order valence-electron chi connectivity index (χ4n) is 2.98. The minimum Gasteiger partial charge on any atom is -0.465 e. The van der Waals surface area contributed by atoms with E-state index in [9.17, 15) is 14.4 Å². The molecule has 0 radical (unpaired) electrons. The molecule has 0 spiro atoms. The summed E-state index contributed by atoms with van der Waals surface area (Å²) in [6.45, 7) is 1.24. The lowest BCUT2D eigenvalue weighted by Crippen LogP contribution is -2.24. The monoisotopic (exact) mass is 386 g/mol. The van der Waals surface area contributed by atoms with Crippen LogP contribution in [0.25, 0.3) is 0 Å². The first kappa shape index (κ1) is 18.9. The number of likely N-dealkylation sites (tertiary alicyclic amines) is 1. The molecule has 0 unspecified atom stereocenters. The number of halogens is 1. The van der Waals surface area contributed by atoms with Gasteiger partial charge < -0.3 is 15.0 Å². The van der Waals surface area contributed by atoms with Gasteiger partial charge in [-0.2, -0.15) is 0 Å². The zero-order chi connectivity index (χ0) is 19.4. The Bertz CT molecular complexity index is 897. The van der Waals surface area contributed by atoms with E-state index >= 15 is 0 Å². The quantitative estimate of drug-likeness (QED) is 0.798. The van der Waals surface area contributed by atoms with Crippen LogP contribution >= 0.6 is 11.6 Å². The summed E-state index contributed by atoms with van der Waals surface area (Å²) in [6.07, 6.45) is 1.46. The Morgan fingerprint density at radius 2 is 2.04 bits per heavy atom. The summed E-state index contributed by atoms with van der Waals surface area (Å²) >= 11 is 5.99. The molecule has 2 amide bonds. The van der Waals surface area contributed by atoms with Gasteiger partial charge in [0.25, 0.3) is 5.91 Å². The molecular formula is C20H19ClN2O4. The molecule has 1 heterocycles. The molecule has 140 valence electrons. The van der Waals surface area contributed by atoms with Crippen LogP contribution in [0.2, 0.25) is 5.02 Å². The number of hydrogen-bond acceptors (Lipinski definition) is 4. The Morgan fingerprint density at radius 3 is 2.74 bits per heavy atom. The molecule has 1 aliphatic heterocycles. The van der Waals surface area contributed by atoms with E-state index in [1.54, 1.807) is 29.2 Å². The summed E-state index contributed by atoms with van der Waals surface area (Å²) in [4.78, 5) is 37.9. The minimum atomic E-state index is -0.576. The fraction of sp³-hybridized carbons (Fsp3) is 0.250. The topological polar surface area (TPSA) is 75.7 Å². The molecule has 6 nitrogen and oxygen atoms in total. The van der Waals surface area contributed by atoms with Crippen LogP contribution in [-0.2, 0) is 16.1 Å². The standard InChI is InChI=1S/C20H19ClN2O4/c1-27-20(26)16-11-15(7-8-17(16)21)22-19(25)14-5-2-4-13(10-14)12-23-9-3-6-18(23)24/h2,4-5,7-8,10-11H,3,6,9,12H2,1H3,(H,22,25). The molecule has 0 aliphatic carbocycles. The maximum Gasteiger partial charge on any atom is 0.339 e. The molecule has 0 saturated carbocycles. The second-order valence-corrected chi connectivity index (χ2v) is 6.67. The van der Waals surface area contributed by atoms with Crippen LogP contribution in [0.3, 0.4) is 0 Å². The van der Waals surface area contributed by atoms with Gasteiger partial charge in [-0.1, -0.05) is 23.7 Å². The molecule has 1 N–H and O–H groups in total. The van der Waals surface area contributed by atoms with Crippen molar-refractivity contribution in [2.45, 2.75) is 19.4 Å². The molecular weight excluding hydrogens is 368 g/mol. The third-order valence-corrected chi connectivity index (χ3v) is 4.69. The Labute approximate surface area is 162 Å². The van der Waals surface area contributed by atoms with Gasteiger partial charge in [0, 0.05) is 30.8 Å². The van der Waals surface area contributed by atoms with Crippen molar-refractivity contribution >= 4 is 35.1 Å². The first-order chi connectivity index (χ1) is 13.0. The number of nitrogens with zero attached hydrogens (tertiary/aromatic N) is 1. The number of benzene rings is 2. The van der Waals surface area contributed by atoms with Gasteiger partial charge in [-0.3, -0.25) is 9.59 Å². The third kappa shape index (κ3) is 4.46. The second-order valence-electron chi connectivity index (χ2n) is 6.26. The van der Waals surface area contributed by atoms with E-state index in [1.165, 1.54) is 19.2 Å².